The lowest BCUT2D eigenvalue weighted by Gasteiger charge is -2.27. The molecule has 0 saturated carbocycles. The first kappa shape index (κ1) is 15.0. The van der Waals surface area contributed by atoms with Gasteiger partial charge in [-0.2, -0.15) is 0 Å². The van der Waals surface area contributed by atoms with Gasteiger partial charge in [-0.05, 0) is 61.6 Å². The Hall–Kier alpha value is -1.39. The van der Waals surface area contributed by atoms with Crippen molar-refractivity contribution < 1.29 is 4.74 Å². The van der Waals surface area contributed by atoms with Gasteiger partial charge < -0.3 is 10.5 Å². The second-order valence-electron chi connectivity index (χ2n) is 4.81. The molecular weight excluding hydrogens is 268 g/mol. The fourth-order valence-electron chi connectivity index (χ4n) is 2.23. The maximum Gasteiger partial charge on any atom is 0.149 e. The molecule has 2 atom stereocenters. The van der Waals surface area contributed by atoms with E-state index in [2.05, 4.69) is 29.4 Å². The van der Waals surface area contributed by atoms with Crippen LogP contribution in [0.4, 0.5) is 0 Å². The molecule has 0 amide bonds. The fourth-order valence-corrected chi connectivity index (χ4v) is 2.85. The molecule has 0 bridgehead atoms. The van der Waals surface area contributed by atoms with Crippen molar-refractivity contribution in [3.63, 3.8) is 0 Å². The second-order valence-corrected chi connectivity index (χ2v) is 5.79. The van der Waals surface area contributed by atoms with Crippen molar-refractivity contribution in [3.05, 3.63) is 40.7 Å². The highest BCUT2D eigenvalue weighted by Gasteiger charge is 2.20. The number of ether oxygens (including phenoxy) is 1. The van der Waals surface area contributed by atoms with E-state index in [9.17, 15) is 0 Å². The number of thiophene rings is 1. The van der Waals surface area contributed by atoms with E-state index in [0.717, 1.165) is 25.0 Å². The van der Waals surface area contributed by atoms with E-state index in [1.54, 1.807) is 11.3 Å². The van der Waals surface area contributed by atoms with Crippen molar-refractivity contribution >= 4 is 23.1 Å². The third-order valence-electron chi connectivity index (χ3n) is 3.30. The topological polar surface area (TPSA) is 47.6 Å². The molecule has 2 N–H and O–H groups in total. The van der Waals surface area contributed by atoms with E-state index < -0.39 is 0 Å². The van der Waals surface area contributed by atoms with Crippen LogP contribution in [-0.4, -0.2) is 18.0 Å². The summed E-state index contributed by atoms with van der Waals surface area (Å²) in [6.07, 6.45) is 12.1. The summed E-state index contributed by atoms with van der Waals surface area (Å²) in [5.74, 6) is 0. The summed E-state index contributed by atoms with van der Waals surface area (Å²) in [6.45, 7) is 2.16. The van der Waals surface area contributed by atoms with Crippen LogP contribution in [0.3, 0.4) is 0 Å². The predicted octanol–water partition coefficient (Wildman–Crippen LogP) is 3.98. The Morgan fingerprint density at radius 1 is 1.50 bits per heavy atom. The maximum absolute atomic E-state index is 5.96. The lowest BCUT2D eigenvalue weighted by molar-refractivity contribution is -0.0454. The Balaban J connectivity index is 2.05. The van der Waals surface area contributed by atoms with Gasteiger partial charge in [0.25, 0.3) is 0 Å². The van der Waals surface area contributed by atoms with Crippen LogP contribution in [0, 0.1) is 0 Å². The number of nitrogens with two attached hydrogens (primary N) is 1. The van der Waals surface area contributed by atoms with Crippen LogP contribution in [0.5, 0.6) is 0 Å². The monoisotopic (exact) mass is 290 g/mol. The second kappa shape index (κ2) is 8.02. The SMILES string of the molecule is CCC1CCCC(/N=C(/C=C\N)\C=C\c2cccs2)O1. The number of allylic oxidation sites excluding steroid dienone is 2. The third kappa shape index (κ3) is 4.62. The van der Waals surface area contributed by atoms with Gasteiger partial charge in [-0.1, -0.05) is 13.0 Å². The van der Waals surface area contributed by atoms with E-state index in [1.807, 2.05) is 18.2 Å². The maximum atomic E-state index is 5.96. The molecule has 1 aliphatic rings. The van der Waals surface area contributed by atoms with Crippen LogP contribution in [-0.2, 0) is 4.74 Å². The van der Waals surface area contributed by atoms with Gasteiger partial charge in [0.05, 0.1) is 11.8 Å². The summed E-state index contributed by atoms with van der Waals surface area (Å²) in [5.41, 5.74) is 6.37. The molecule has 20 heavy (non-hydrogen) atoms. The van der Waals surface area contributed by atoms with E-state index >= 15 is 0 Å². The average Bonchev–Trinajstić information content (AvgIpc) is 2.98. The minimum atomic E-state index is -0.0344. The van der Waals surface area contributed by atoms with E-state index in [1.165, 1.54) is 17.5 Å². The van der Waals surface area contributed by atoms with Gasteiger partial charge in [0.1, 0.15) is 6.23 Å². The smallest absolute Gasteiger partial charge is 0.149 e. The standard InChI is InChI=1S/C16H22N2OS/c1-2-14-5-3-7-16(19-14)18-13(10-11-17)8-9-15-6-4-12-20-15/h4,6,8-12,14,16H,2-3,5,7,17H2,1H3/b9-8+,11-10-,18-13+. The van der Waals surface area contributed by atoms with Crippen molar-refractivity contribution in [1.29, 1.82) is 0 Å². The van der Waals surface area contributed by atoms with Gasteiger partial charge in [0.2, 0.25) is 0 Å². The Morgan fingerprint density at radius 2 is 2.40 bits per heavy atom. The highest BCUT2D eigenvalue weighted by Crippen LogP contribution is 2.22. The molecule has 1 aromatic heterocycles. The molecule has 0 radical (unpaired) electrons. The van der Waals surface area contributed by atoms with Gasteiger partial charge in [-0.25, -0.2) is 0 Å². The van der Waals surface area contributed by atoms with Crippen molar-refractivity contribution in [2.24, 2.45) is 10.7 Å². The molecule has 108 valence electrons. The van der Waals surface area contributed by atoms with Crippen molar-refractivity contribution in [2.75, 3.05) is 0 Å². The Labute approximate surface area is 124 Å². The number of rotatable bonds is 5. The number of hydrogen-bond acceptors (Lipinski definition) is 4. The molecule has 4 heteroatoms. The van der Waals surface area contributed by atoms with Crippen molar-refractivity contribution in [1.82, 2.24) is 0 Å². The highest BCUT2D eigenvalue weighted by molar-refractivity contribution is 7.10. The Kier molecular flexibility index (Phi) is 6.02. The molecule has 0 aromatic carbocycles. The summed E-state index contributed by atoms with van der Waals surface area (Å²) in [7, 11) is 0. The van der Waals surface area contributed by atoms with Crippen LogP contribution >= 0.6 is 11.3 Å². The van der Waals surface area contributed by atoms with Crippen LogP contribution < -0.4 is 5.73 Å². The lowest BCUT2D eigenvalue weighted by Crippen LogP contribution is -2.26. The first-order valence-corrected chi connectivity index (χ1v) is 8.03. The summed E-state index contributed by atoms with van der Waals surface area (Å²) >= 11 is 1.70. The zero-order valence-electron chi connectivity index (χ0n) is 11.9. The molecule has 1 fully saturated rings. The van der Waals surface area contributed by atoms with Crippen molar-refractivity contribution in [2.45, 2.75) is 44.9 Å². The third-order valence-corrected chi connectivity index (χ3v) is 4.14. The Bertz CT molecular complexity index is 477. The molecule has 1 aromatic rings. The van der Waals surface area contributed by atoms with Crippen molar-refractivity contribution in [3.8, 4) is 0 Å². The normalized spacial score (nSPS) is 24.8. The lowest BCUT2D eigenvalue weighted by atomic mass is 10.1. The zero-order valence-corrected chi connectivity index (χ0v) is 12.7. The van der Waals surface area contributed by atoms with Crippen LogP contribution in [0.25, 0.3) is 6.08 Å². The summed E-state index contributed by atoms with van der Waals surface area (Å²) in [5, 5.41) is 2.06. The molecule has 0 aliphatic carbocycles. The molecule has 3 nitrogen and oxygen atoms in total. The number of nitrogens with zero attached hydrogens (tertiary/aromatic N) is 1. The van der Waals surface area contributed by atoms with Crippen LogP contribution in [0.15, 0.2) is 40.9 Å². The highest BCUT2D eigenvalue weighted by atomic mass is 32.1. The van der Waals surface area contributed by atoms with E-state index in [4.69, 9.17) is 10.5 Å². The fraction of sp³-hybridized carbons (Fsp3) is 0.438. The average molecular weight is 290 g/mol. The first-order valence-electron chi connectivity index (χ1n) is 7.15. The van der Waals surface area contributed by atoms with E-state index in [0.29, 0.717) is 6.10 Å². The summed E-state index contributed by atoms with van der Waals surface area (Å²) in [4.78, 5) is 5.88. The molecule has 0 spiro atoms. The quantitative estimate of drug-likeness (QED) is 0.834. The van der Waals surface area contributed by atoms with Gasteiger partial charge in [-0.15, -0.1) is 11.3 Å². The minimum Gasteiger partial charge on any atom is -0.405 e. The number of hydrogen-bond donors (Lipinski definition) is 1. The molecule has 2 heterocycles. The molecule has 2 unspecified atom stereocenters. The molecule has 2 rings (SSSR count). The largest absolute Gasteiger partial charge is 0.405 e. The van der Waals surface area contributed by atoms with Crippen LogP contribution in [0.1, 0.15) is 37.5 Å². The van der Waals surface area contributed by atoms with Gasteiger partial charge in [0.15, 0.2) is 0 Å². The Morgan fingerprint density at radius 3 is 3.10 bits per heavy atom. The van der Waals surface area contributed by atoms with E-state index in [-0.39, 0.29) is 6.23 Å². The van der Waals surface area contributed by atoms with Gasteiger partial charge >= 0.3 is 0 Å². The molecule has 1 saturated heterocycles. The predicted molar refractivity (Wildman–Crippen MR) is 86.9 cm³/mol. The molecular formula is C16H22N2OS. The zero-order chi connectivity index (χ0) is 14.2. The first-order chi connectivity index (χ1) is 9.81. The minimum absolute atomic E-state index is 0.0344. The van der Waals surface area contributed by atoms with Gasteiger partial charge in [-0.3, -0.25) is 4.99 Å². The summed E-state index contributed by atoms with van der Waals surface area (Å²) in [6, 6.07) is 4.12. The van der Waals surface area contributed by atoms with Crippen LogP contribution in [0.2, 0.25) is 0 Å². The number of aliphatic imine (C=N–C) groups is 1. The summed E-state index contributed by atoms with van der Waals surface area (Å²) < 4.78 is 5.96. The molecule has 1 aliphatic heterocycles. The van der Waals surface area contributed by atoms with Gasteiger partial charge in [0, 0.05) is 4.88 Å².